The van der Waals surface area contributed by atoms with Crippen molar-refractivity contribution in [2.75, 3.05) is 18.8 Å². The summed E-state index contributed by atoms with van der Waals surface area (Å²) in [7, 11) is 0. The van der Waals surface area contributed by atoms with Gasteiger partial charge in [0.2, 0.25) is 0 Å². The van der Waals surface area contributed by atoms with Crippen LogP contribution < -0.4 is 5.73 Å². The van der Waals surface area contributed by atoms with Crippen LogP contribution in [0.25, 0.3) is 33.2 Å². The largest absolute Gasteiger partial charge is 0.382 e. The quantitative estimate of drug-likeness (QED) is 0.486. The molecule has 0 unspecified atom stereocenters. The molecule has 0 aliphatic heterocycles. The molecule has 27 heavy (non-hydrogen) atoms. The minimum absolute atomic E-state index is 0.450. The zero-order valence-corrected chi connectivity index (χ0v) is 16.0. The SMILES string of the molecule is CCN(Cc1nc2c(N)nc3cc(-c4cc[nH]n4)ccc3c2[nH]1)CC(C)C. The van der Waals surface area contributed by atoms with E-state index in [-0.39, 0.29) is 0 Å². The molecular weight excluding hydrogens is 338 g/mol. The maximum Gasteiger partial charge on any atom is 0.152 e. The highest BCUT2D eigenvalue weighted by molar-refractivity contribution is 6.06. The van der Waals surface area contributed by atoms with Gasteiger partial charge in [-0.2, -0.15) is 5.10 Å². The van der Waals surface area contributed by atoms with Crippen molar-refractivity contribution in [3.05, 3.63) is 36.3 Å². The van der Waals surface area contributed by atoms with Gasteiger partial charge in [0.05, 0.1) is 23.3 Å². The highest BCUT2D eigenvalue weighted by Gasteiger charge is 2.15. The molecule has 1 aromatic carbocycles. The summed E-state index contributed by atoms with van der Waals surface area (Å²) in [6, 6.07) is 8.06. The van der Waals surface area contributed by atoms with Crippen LogP contribution in [0.2, 0.25) is 0 Å². The Balaban J connectivity index is 1.76. The summed E-state index contributed by atoms with van der Waals surface area (Å²) >= 11 is 0. The standard InChI is InChI=1S/C20H25N7/c1-4-27(10-12(2)3)11-17-24-18-14-6-5-13(15-7-8-22-26-15)9-16(14)23-20(21)19(18)25-17/h5-9,12H,4,10-11H2,1-3H3,(H2,21,23)(H,22,26)(H,24,25). The predicted octanol–water partition coefficient (Wildman–Crippen LogP) is 3.56. The molecule has 0 fully saturated rings. The number of nitrogen functional groups attached to an aromatic ring is 1. The number of hydrogen-bond acceptors (Lipinski definition) is 5. The van der Waals surface area contributed by atoms with Crippen LogP contribution in [0.1, 0.15) is 26.6 Å². The Hall–Kier alpha value is -2.93. The van der Waals surface area contributed by atoms with Gasteiger partial charge in [0.15, 0.2) is 5.82 Å². The van der Waals surface area contributed by atoms with Gasteiger partial charge in [-0.3, -0.25) is 10.00 Å². The Morgan fingerprint density at radius 2 is 2.04 bits per heavy atom. The second-order valence-electron chi connectivity index (χ2n) is 7.32. The number of nitrogens with zero attached hydrogens (tertiary/aromatic N) is 4. The fourth-order valence-corrected chi connectivity index (χ4v) is 3.51. The summed E-state index contributed by atoms with van der Waals surface area (Å²) in [6.07, 6.45) is 1.81. The molecule has 0 aliphatic rings. The number of imidazole rings is 1. The summed E-state index contributed by atoms with van der Waals surface area (Å²) in [5.41, 5.74) is 10.6. The number of benzene rings is 1. The minimum Gasteiger partial charge on any atom is -0.382 e. The van der Waals surface area contributed by atoms with Crippen molar-refractivity contribution >= 4 is 27.8 Å². The topological polar surface area (TPSA) is 99.5 Å². The van der Waals surface area contributed by atoms with E-state index < -0.39 is 0 Å². The van der Waals surface area contributed by atoms with E-state index >= 15 is 0 Å². The van der Waals surface area contributed by atoms with Crippen molar-refractivity contribution in [3.63, 3.8) is 0 Å². The van der Waals surface area contributed by atoms with Crippen LogP contribution in [0.15, 0.2) is 30.5 Å². The molecule has 3 aromatic heterocycles. The Bertz CT molecular complexity index is 1060. The van der Waals surface area contributed by atoms with E-state index in [9.17, 15) is 0 Å². The Kier molecular flexibility index (Phi) is 4.53. The first-order valence-electron chi connectivity index (χ1n) is 9.35. The predicted molar refractivity (Wildman–Crippen MR) is 109 cm³/mol. The van der Waals surface area contributed by atoms with Gasteiger partial charge in [-0.1, -0.05) is 26.8 Å². The monoisotopic (exact) mass is 363 g/mol. The van der Waals surface area contributed by atoms with Gasteiger partial charge in [-0.05, 0) is 30.7 Å². The lowest BCUT2D eigenvalue weighted by Gasteiger charge is -2.21. The lowest BCUT2D eigenvalue weighted by molar-refractivity contribution is 0.243. The Morgan fingerprint density at radius 3 is 2.74 bits per heavy atom. The second kappa shape index (κ2) is 7.00. The maximum absolute atomic E-state index is 6.22. The number of pyridine rings is 1. The van der Waals surface area contributed by atoms with Crippen LogP contribution in [0.4, 0.5) is 5.82 Å². The van der Waals surface area contributed by atoms with E-state index in [0.717, 1.165) is 58.7 Å². The third-order valence-corrected chi connectivity index (χ3v) is 4.74. The van der Waals surface area contributed by atoms with Crippen molar-refractivity contribution in [2.24, 2.45) is 5.92 Å². The molecule has 0 amide bonds. The Labute approximate surface area is 158 Å². The minimum atomic E-state index is 0.450. The van der Waals surface area contributed by atoms with Gasteiger partial charge in [0, 0.05) is 23.7 Å². The normalized spacial score (nSPS) is 12.0. The number of nitrogens with two attached hydrogens (primary N) is 1. The average Bonchev–Trinajstić information content (AvgIpc) is 3.30. The lowest BCUT2D eigenvalue weighted by atomic mass is 10.1. The number of anilines is 1. The molecule has 4 rings (SSSR count). The third-order valence-electron chi connectivity index (χ3n) is 4.74. The highest BCUT2D eigenvalue weighted by atomic mass is 15.1. The molecule has 0 spiro atoms. The molecule has 0 saturated carbocycles. The number of aromatic nitrogens is 5. The van der Waals surface area contributed by atoms with Gasteiger partial charge in [0.1, 0.15) is 11.3 Å². The van der Waals surface area contributed by atoms with E-state index in [4.69, 9.17) is 10.7 Å². The first-order valence-corrected chi connectivity index (χ1v) is 9.35. The number of hydrogen-bond donors (Lipinski definition) is 3. The van der Waals surface area contributed by atoms with Crippen molar-refractivity contribution in [2.45, 2.75) is 27.3 Å². The smallest absolute Gasteiger partial charge is 0.152 e. The number of aromatic amines is 2. The fourth-order valence-electron chi connectivity index (χ4n) is 3.51. The molecule has 7 nitrogen and oxygen atoms in total. The van der Waals surface area contributed by atoms with Gasteiger partial charge >= 0.3 is 0 Å². The van der Waals surface area contributed by atoms with Crippen LogP contribution in [0, 0.1) is 5.92 Å². The van der Waals surface area contributed by atoms with Crippen molar-refractivity contribution in [1.82, 2.24) is 30.0 Å². The molecule has 7 heteroatoms. The fraction of sp³-hybridized carbons (Fsp3) is 0.350. The van der Waals surface area contributed by atoms with E-state index in [1.165, 1.54) is 0 Å². The molecule has 0 saturated heterocycles. The summed E-state index contributed by atoms with van der Waals surface area (Å²) in [5.74, 6) is 1.98. The first-order chi connectivity index (χ1) is 13.0. The van der Waals surface area contributed by atoms with E-state index in [1.54, 1.807) is 0 Å². The van der Waals surface area contributed by atoms with Crippen LogP contribution in [0.5, 0.6) is 0 Å². The molecule has 140 valence electrons. The summed E-state index contributed by atoms with van der Waals surface area (Å²) < 4.78 is 0. The van der Waals surface area contributed by atoms with E-state index in [0.29, 0.717) is 11.7 Å². The average molecular weight is 363 g/mol. The molecule has 4 aromatic rings. The lowest BCUT2D eigenvalue weighted by Crippen LogP contribution is -2.27. The Morgan fingerprint density at radius 1 is 1.19 bits per heavy atom. The molecule has 0 aliphatic carbocycles. The molecule has 0 bridgehead atoms. The van der Waals surface area contributed by atoms with E-state index in [2.05, 4.69) is 51.9 Å². The number of fused-ring (bicyclic) bond motifs is 3. The highest BCUT2D eigenvalue weighted by Crippen LogP contribution is 2.29. The zero-order chi connectivity index (χ0) is 19.0. The van der Waals surface area contributed by atoms with Gasteiger partial charge in [-0.25, -0.2) is 9.97 Å². The first kappa shape index (κ1) is 17.5. The van der Waals surface area contributed by atoms with Crippen molar-refractivity contribution in [3.8, 4) is 11.3 Å². The van der Waals surface area contributed by atoms with Crippen molar-refractivity contribution in [1.29, 1.82) is 0 Å². The number of H-pyrrole nitrogens is 2. The van der Waals surface area contributed by atoms with E-state index in [1.807, 2.05) is 24.4 Å². The molecule has 0 atom stereocenters. The van der Waals surface area contributed by atoms with Crippen LogP contribution >= 0.6 is 0 Å². The second-order valence-corrected chi connectivity index (χ2v) is 7.32. The van der Waals surface area contributed by atoms with Gasteiger partial charge in [-0.15, -0.1) is 0 Å². The van der Waals surface area contributed by atoms with Crippen LogP contribution in [-0.2, 0) is 6.54 Å². The molecule has 3 heterocycles. The molecule has 4 N–H and O–H groups in total. The summed E-state index contributed by atoms with van der Waals surface area (Å²) in [6.45, 7) is 9.43. The third kappa shape index (κ3) is 3.38. The number of rotatable bonds is 6. The molecule has 0 radical (unpaired) electrons. The zero-order valence-electron chi connectivity index (χ0n) is 16.0. The van der Waals surface area contributed by atoms with Crippen LogP contribution in [0.3, 0.4) is 0 Å². The van der Waals surface area contributed by atoms with Crippen molar-refractivity contribution < 1.29 is 0 Å². The maximum atomic E-state index is 6.22. The molecular formula is C20H25N7. The van der Waals surface area contributed by atoms with Gasteiger partial charge in [0.25, 0.3) is 0 Å². The summed E-state index contributed by atoms with van der Waals surface area (Å²) in [4.78, 5) is 15.2. The van der Waals surface area contributed by atoms with Crippen LogP contribution in [-0.4, -0.2) is 43.1 Å². The van der Waals surface area contributed by atoms with Gasteiger partial charge < -0.3 is 10.7 Å². The number of nitrogens with one attached hydrogen (secondary N) is 2. The summed E-state index contributed by atoms with van der Waals surface area (Å²) in [5, 5.41) is 8.10.